The van der Waals surface area contributed by atoms with Crippen molar-refractivity contribution in [2.45, 2.75) is 76.5 Å². The molecule has 0 saturated heterocycles. The molecule has 6 heteroatoms. The molecule has 0 aliphatic heterocycles. The lowest BCUT2D eigenvalue weighted by molar-refractivity contribution is -0.153. The van der Waals surface area contributed by atoms with E-state index in [-0.39, 0.29) is 24.2 Å². The number of carbonyl (C=O) groups excluding carboxylic acids is 2. The van der Waals surface area contributed by atoms with Crippen LogP contribution in [-0.2, 0) is 20.7 Å². The lowest BCUT2D eigenvalue weighted by Crippen LogP contribution is -2.45. The van der Waals surface area contributed by atoms with Crippen LogP contribution < -0.4 is 10.1 Å². The number of hydrogen-bond donors (Lipinski definition) is 1. The molecule has 214 valence electrons. The summed E-state index contributed by atoms with van der Waals surface area (Å²) in [6.45, 7) is 6.19. The third-order valence-corrected chi connectivity index (χ3v) is 8.13. The molecule has 0 unspecified atom stereocenters. The van der Waals surface area contributed by atoms with Gasteiger partial charge in [0.1, 0.15) is 30.1 Å². The minimum atomic E-state index is -0.847. The number of esters is 1. The number of alkyl carbamates (subject to hydrolysis) is 1. The predicted molar refractivity (Wildman–Crippen MR) is 158 cm³/mol. The van der Waals surface area contributed by atoms with Gasteiger partial charge in [-0.3, -0.25) is 0 Å². The average Bonchev–Trinajstić information content (AvgIpc) is 3.88. The number of rotatable bonds is 10. The molecule has 0 heterocycles. The lowest BCUT2D eigenvalue weighted by atomic mass is 9.98. The molecule has 0 bridgehead atoms. The van der Waals surface area contributed by atoms with Gasteiger partial charge in [0.25, 0.3) is 0 Å². The minimum absolute atomic E-state index is 0.0446. The van der Waals surface area contributed by atoms with E-state index in [2.05, 4.69) is 29.6 Å². The highest BCUT2D eigenvalue weighted by Gasteiger charge is 2.45. The minimum Gasteiger partial charge on any atom is -0.488 e. The van der Waals surface area contributed by atoms with Crippen molar-refractivity contribution in [3.63, 3.8) is 0 Å². The molecule has 1 atom stereocenters. The number of ether oxygens (including phenoxy) is 3. The van der Waals surface area contributed by atoms with Crippen LogP contribution >= 0.6 is 0 Å². The van der Waals surface area contributed by atoms with Gasteiger partial charge < -0.3 is 19.5 Å². The second-order valence-electron chi connectivity index (χ2n) is 12.7. The first-order chi connectivity index (χ1) is 19.7. The normalized spacial score (nSPS) is 17.0. The van der Waals surface area contributed by atoms with Crippen molar-refractivity contribution in [3.8, 4) is 16.9 Å². The van der Waals surface area contributed by atoms with Gasteiger partial charge >= 0.3 is 12.1 Å². The Morgan fingerprint density at radius 2 is 1.39 bits per heavy atom. The van der Waals surface area contributed by atoms with E-state index in [0.717, 1.165) is 48.1 Å². The van der Waals surface area contributed by atoms with Crippen molar-refractivity contribution in [3.05, 3.63) is 89.5 Å². The maximum atomic E-state index is 13.5. The Balaban J connectivity index is 1.14. The van der Waals surface area contributed by atoms with Crippen LogP contribution in [0.25, 0.3) is 11.1 Å². The van der Waals surface area contributed by atoms with Crippen LogP contribution in [0.3, 0.4) is 0 Å². The van der Waals surface area contributed by atoms with Crippen LogP contribution in [-0.4, -0.2) is 36.4 Å². The molecule has 3 aromatic carbocycles. The van der Waals surface area contributed by atoms with Crippen molar-refractivity contribution in [2.75, 3.05) is 6.61 Å². The first-order valence-electron chi connectivity index (χ1n) is 14.8. The predicted octanol–water partition coefficient (Wildman–Crippen LogP) is 7.05. The zero-order chi connectivity index (χ0) is 28.6. The third kappa shape index (κ3) is 6.58. The molecule has 2 fully saturated rings. The summed E-state index contributed by atoms with van der Waals surface area (Å²) in [5.74, 6) is 1.22. The Morgan fingerprint density at radius 3 is 1.93 bits per heavy atom. The fourth-order valence-corrected chi connectivity index (χ4v) is 5.90. The molecule has 3 aliphatic carbocycles. The van der Waals surface area contributed by atoms with E-state index in [0.29, 0.717) is 18.3 Å². The summed E-state index contributed by atoms with van der Waals surface area (Å²) in [6, 6.07) is 23.3. The highest BCUT2D eigenvalue weighted by Crippen LogP contribution is 2.47. The topological polar surface area (TPSA) is 73.9 Å². The summed E-state index contributed by atoms with van der Waals surface area (Å²) in [5, 5.41) is 2.85. The summed E-state index contributed by atoms with van der Waals surface area (Å²) >= 11 is 0. The van der Waals surface area contributed by atoms with Gasteiger partial charge in [-0.1, -0.05) is 60.7 Å². The number of amides is 1. The molecule has 2 saturated carbocycles. The fourth-order valence-electron chi connectivity index (χ4n) is 5.90. The van der Waals surface area contributed by atoms with Crippen LogP contribution in [0.5, 0.6) is 5.75 Å². The SMILES string of the molecule is CC(C)(C)Oc1ccc(C[C@H](NC(=O)OCC2c3ccccc3-c3ccccc32)C(=O)OC(C2CC2)C2CC2)cc1. The van der Waals surface area contributed by atoms with E-state index in [1.165, 1.54) is 11.1 Å². The molecule has 3 aromatic rings. The Bertz CT molecular complexity index is 1340. The third-order valence-electron chi connectivity index (χ3n) is 8.13. The zero-order valence-corrected chi connectivity index (χ0v) is 24.1. The van der Waals surface area contributed by atoms with Gasteiger partial charge in [0.15, 0.2) is 0 Å². The van der Waals surface area contributed by atoms with Crippen LogP contribution in [0.2, 0.25) is 0 Å². The van der Waals surface area contributed by atoms with E-state index >= 15 is 0 Å². The summed E-state index contributed by atoms with van der Waals surface area (Å²) in [5.41, 5.74) is 5.23. The number of benzene rings is 3. The number of nitrogens with one attached hydrogen (secondary N) is 1. The smallest absolute Gasteiger partial charge is 0.407 e. The maximum Gasteiger partial charge on any atom is 0.407 e. The van der Waals surface area contributed by atoms with Gasteiger partial charge in [-0.25, -0.2) is 9.59 Å². The molecule has 0 aromatic heterocycles. The van der Waals surface area contributed by atoms with Gasteiger partial charge in [0, 0.05) is 12.3 Å². The van der Waals surface area contributed by atoms with Gasteiger partial charge in [-0.05, 0) is 98.2 Å². The highest BCUT2D eigenvalue weighted by atomic mass is 16.6. The first-order valence-corrected chi connectivity index (χ1v) is 14.8. The molecular formula is C35H39NO5. The highest BCUT2D eigenvalue weighted by molar-refractivity contribution is 5.82. The lowest BCUT2D eigenvalue weighted by Gasteiger charge is -2.23. The van der Waals surface area contributed by atoms with Gasteiger partial charge in [0.05, 0.1) is 0 Å². The molecule has 1 N–H and O–H groups in total. The molecule has 6 rings (SSSR count). The zero-order valence-electron chi connectivity index (χ0n) is 24.1. The van der Waals surface area contributed by atoms with E-state index < -0.39 is 18.1 Å². The second kappa shape index (κ2) is 11.2. The summed E-state index contributed by atoms with van der Waals surface area (Å²) in [4.78, 5) is 26.6. The number of carbonyl (C=O) groups is 2. The summed E-state index contributed by atoms with van der Waals surface area (Å²) < 4.78 is 17.8. The van der Waals surface area contributed by atoms with Gasteiger partial charge in [0.2, 0.25) is 0 Å². The number of fused-ring (bicyclic) bond motifs is 3. The van der Waals surface area contributed by atoms with E-state index in [1.54, 1.807) is 0 Å². The van der Waals surface area contributed by atoms with Crippen molar-refractivity contribution < 1.29 is 23.8 Å². The largest absolute Gasteiger partial charge is 0.488 e. The first kappa shape index (κ1) is 27.4. The summed E-state index contributed by atoms with van der Waals surface area (Å²) in [6.07, 6.45) is 4.07. The molecule has 0 radical (unpaired) electrons. The van der Waals surface area contributed by atoms with Crippen LogP contribution in [0, 0.1) is 11.8 Å². The van der Waals surface area contributed by atoms with Crippen LogP contribution in [0.1, 0.15) is 69.1 Å². The molecule has 3 aliphatic rings. The number of hydrogen-bond acceptors (Lipinski definition) is 5. The molecule has 41 heavy (non-hydrogen) atoms. The van der Waals surface area contributed by atoms with E-state index in [9.17, 15) is 9.59 Å². The Hall–Kier alpha value is -3.80. The quantitative estimate of drug-likeness (QED) is 0.273. The molecule has 6 nitrogen and oxygen atoms in total. The monoisotopic (exact) mass is 553 g/mol. The van der Waals surface area contributed by atoms with Gasteiger partial charge in [-0.15, -0.1) is 0 Å². The fraction of sp³-hybridized carbons (Fsp3) is 0.429. The average molecular weight is 554 g/mol. The Morgan fingerprint density at radius 1 is 0.829 bits per heavy atom. The van der Waals surface area contributed by atoms with Crippen LogP contribution in [0.4, 0.5) is 4.79 Å². The van der Waals surface area contributed by atoms with Crippen molar-refractivity contribution in [1.82, 2.24) is 5.32 Å². The maximum absolute atomic E-state index is 13.5. The summed E-state index contributed by atoms with van der Waals surface area (Å²) in [7, 11) is 0. The second-order valence-corrected chi connectivity index (χ2v) is 12.7. The molecular weight excluding hydrogens is 514 g/mol. The Kier molecular flexibility index (Phi) is 7.50. The van der Waals surface area contributed by atoms with E-state index in [4.69, 9.17) is 14.2 Å². The van der Waals surface area contributed by atoms with Crippen molar-refractivity contribution in [2.24, 2.45) is 11.8 Å². The molecule has 1 amide bonds. The van der Waals surface area contributed by atoms with Crippen LogP contribution in [0.15, 0.2) is 72.8 Å². The van der Waals surface area contributed by atoms with Crippen molar-refractivity contribution >= 4 is 12.1 Å². The van der Waals surface area contributed by atoms with Gasteiger partial charge in [-0.2, -0.15) is 0 Å². The van der Waals surface area contributed by atoms with Crippen molar-refractivity contribution in [1.29, 1.82) is 0 Å². The molecule has 0 spiro atoms. The standard InChI is InChI=1S/C35H39NO5/c1-35(2,3)41-25-18-12-22(13-19-25)20-31(33(37)40-32(23-14-15-23)24-16-17-24)36-34(38)39-21-30-28-10-6-4-8-26(28)27-9-5-7-11-29(27)30/h4-13,18-19,23-24,30-32H,14-17,20-21H2,1-3H3,(H,36,38)/t31-/m0/s1. The Labute approximate surface area is 242 Å². The van der Waals surface area contributed by atoms with E-state index in [1.807, 2.05) is 69.3 Å².